The van der Waals surface area contributed by atoms with E-state index in [1.807, 2.05) is 13.8 Å². The van der Waals surface area contributed by atoms with E-state index in [0.29, 0.717) is 6.42 Å². The van der Waals surface area contributed by atoms with Crippen LogP contribution < -0.4 is 0 Å². The first-order chi connectivity index (χ1) is 5.93. The zero-order valence-corrected chi connectivity index (χ0v) is 7.73. The van der Waals surface area contributed by atoms with Gasteiger partial charge in [-0.15, -0.1) is 0 Å². The number of carbonyl (C=O) groups is 2. The van der Waals surface area contributed by atoms with E-state index in [-0.39, 0.29) is 5.92 Å². The van der Waals surface area contributed by atoms with E-state index in [0.717, 1.165) is 6.08 Å². The van der Waals surface area contributed by atoms with Crippen molar-refractivity contribution in [3.05, 3.63) is 12.2 Å². The Morgan fingerprint density at radius 2 is 1.85 bits per heavy atom. The maximum Gasteiger partial charge on any atom is 0.328 e. The molecule has 0 rings (SSSR count). The van der Waals surface area contributed by atoms with Crippen molar-refractivity contribution in [2.24, 2.45) is 11.8 Å². The molecule has 0 bridgehead atoms. The third-order valence-corrected chi connectivity index (χ3v) is 1.51. The molecule has 4 nitrogen and oxygen atoms in total. The molecular formula is C9H14O4. The highest BCUT2D eigenvalue weighted by Crippen LogP contribution is 2.13. The Balaban J connectivity index is 4.26. The van der Waals surface area contributed by atoms with Crippen LogP contribution in [0.3, 0.4) is 0 Å². The van der Waals surface area contributed by atoms with E-state index >= 15 is 0 Å². The molecule has 0 heterocycles. The molecule has 13 heavy (non-hydrogen) atoms. The van der Waals surface area contributed by atoms with Crippen molar-refractivity contribution in [3.8, 4) is 0 Å². The van der Waals surface area contributed by atoms with Crippen LogP contribution in [0, 0.1) is 11.8 Å². The highest BCUT2D eigenvalue weighted by atomic mass is 16.4. The SMILES string of the molecule is CC(C)CC(C=CC(=O)O)C(=O)O. The molecule has 1 atom stereocenters. The molecule has 0 aromatic rings. The summed E-state index contributed by atoms with van der Waals surface area (Å²) >= 11 is 0. The van der Waals surface area contributed by atoms with E-state index < -0.39 is 17.9 Å². The molecule has 0 amide bonds. The van der Waals surface area contributed by atoms with Crippen molar-refractivity contribution in [2.45, 2.75) is 20.3 Å². The highest BCUT2D eigenvalue weighted by molar-refractivity contribution is 5.81. The Kier molecular flexibility index (Phi) is 4.80. The molecule has 0 aliphatic rings. The molecule has 0 aromatic heterocycles. The minimum Gasteiger partial charge on any atom is -0.481 e. The number of carboxylic acid groups (broad SMARTS) is 2. The van der Waals surface area contributed by atoms with Gasteiger partial charge in [0.25, 0.3) is 0 Å². The van der Waals surface area contributed by atoms with Crippen LogP contribution in [0.2, 0.25) is 0 Å². The Labute approximate surface area is 76.9 Å². The fourth-order valence-corrected chi connectivity index (χ4v) is 0.968. The Morgan fingerprint density at radius 3 is 2.15 bits per heavy atom. The van der Waals surface area contributed by atoms with Gasteiger partial charge in [0.15, 0.2) is 0 Å². The molecule has 0 aliphatic heterocycles. The first-order valence-electron chi connectivity index (χ1n) is 4.07. The molecule has 4 heteroatoms. The lowest BCUT2D eigenvalue weighted by atomic mass is 9.97. The zero-order chi connectivity index (χ0) is 10.4. The third kappa shape index (κ3) is 5.90. The summed E-state index contributed by atoms with van der Waals surface area (Å²) in [6.07, 6.45) is 2.55. The van der Waals surface area contributed by atoms with E-state index in [2.05, 4.69) is 0 Å². The van der Waals surface area contributed by atoms with Crippen molar-refractivity contribution in [1.82, 2.24) is 0 Å². The number of hydrogen-bond acceptors (Lipinski definition) is 2. The zero-order valence-electron chi connectivity index (χ0n) is 7.73. The van der Waals surface area contributed by atoms with Crippen molar-refractivity contribution in [2.75, 3.05) is 0 Å². The van der Waals surface area contributed by atoms with E-state index in [4.69, 9.17) is 10.2 Å². The largest absolute Gasteiger partial charge is 0.481 e. The smallest absolute Gasteiger partial charge is 0.328 e. The molecule has 74 valence electrons. The summed E-state index contributed by atoms with van der Waals surface area (Å²) in [6.45, 7) is 3.79. The first-order valence-corrected chi connectivity index (χ1v) is 4.07. The number of hydrogen-bond donors (Lipinski definition) is 2. The molecule has 0 radical (unpaired) electrons. The van der Waals surface area contributed by atoms with Gasteiger partial charge in [-0.2, -0.15) is 0 Å². The Bertz CT molecular complexity index is 218. The van der Waals surface area contributed by atoms with Crippen LogP contribution >= 0.6 is 0 Å². The van der Waals surface area contributed by atoms with Gasteiger partial charge in [0.1, 0.15) is 0 Å². The number of aliphatic carboxylic acids is 2. The second kappa shape index (κ2) is 5.35. The van der Waals surface area contributed by atoms with Crippen LogP contribution in [0.25, 0.3) is 0 Å². The average Bonchev–Trinajstić information content (AvgIpc) is 1.96. The van der Waals surface area contributed by atoms with Gasteiger partial charge in [0.2, 0.25) is 0 Å². The van der Waals surface area contributed by atoms with Crippen LogP contribution in [0.15, 0.2) is 12.2 Å². The van der Waals surface area contributed by atoms with Gasteiger partial charge in [-0.25, -0.2) is 4.79 Å². The summed E-state index contributed by atoms with van der Waals surface area (Å²) in [7, 11) is 0. The lowest BCUT2D eigenvalue weighted by Crippen LogP contribution is -2.13. The molecule has 0 aliphatic carbocycles. The second-order valence-electron chi connectivity index (χ2n) is 3.27. The van der Waals surface area contributed by atoms with E-state index in [9.17, 15) is 9.59 Å². The molecule has 0 saturated carbocycles. The minimum absolute atomic E-state index is 0.236. The van der Waals surface area contributed by atoms with Gasteiger partial charge in [-0.1, -0.05) is 19.9 Å². The fourth-order valence-electron chi connectivity index (χ4n) is 0.968. The van der Waals surface area contributed by atoms with Gasteiger partial charge in [0.05, 0.1) is 5.92 Å². The van der Waals surface area contributed by atoms with Crippen LogP contribution in [0.1, 0.15) is 20.3 Å². The fraction of sp³-hybridized carbons (Fsp3) is 0.556. The van der Waals surface area contributed by atoms with Crippen LogP contribution in [0.5, 0.6) is 0 Å². The summed E-state index contributed by atoms with van der Waals surface area (Å²) in [5.74, 6) is -2.56. The quantitative estimate of drug-likeness (QED) is 0.636. The predicted molar refractivity (Wildman–Crippen MR) is 47.4 cm³/mol. The monoisotopic (exact) mass is 186 g/mol. The third-order valence-electron chi connectivity index (χ3n) is 1.51. The van der Waals surface area contributed by atoms with Crippen molar-refractivity contribution in [1.29, 1.82) is 0 Å². The van der Waals surface area contributed by atoms with Crippen LogP contribution in [0.4, 0.5) is 0 Å². The van der Waals surface area contributed by atoms with Crippen molar-refractivity contribution < 1.29 is 19.8 Å². The molecule has 0 saturated heterocycles. The topological polar surface area (TPSA) is 74.6 Å². The van der Waals surface area contributed by atoms with Gasteiger partial charge in [-0.3, -0.25) is 4.79 Å². The predicted octanol–water partition coefficient (Wildman–Crippen LogP) is 1.37. The number of rotatable bonds is 5. The standard InChI is InChI=1S/C9H14O4/c1-6(2)5-7(9(12)13)3-4-8(10)11/h3-4,6-7H,5H2,1-2H3,(H,10,11)(H,12,13). The Morgan fingerprint density at radius 1 is 1.31 bits per heavy atom. The summed E-state index contributed by atoms with van der Waals surface area (Å²) in [5, 5.41) is 17.0. The first kappa shape index (κ1) is 11.7. The van der Waals surface area contributed by atoms with Crippen LogP contribution in [-0.2, 0) is 9.59 Å². The van der Waals surface area contributed by atoms with Crippen LogP contribution in [-0.4, -0.2) is 22.2 Å². The van der Waals surface area contributed by atoms with Crippen molar-refractivity contribution >= 4 is 11.9 Å². The van der Waals surface area contributed by atoms with Gasteiger partial charge in [-0.05, 0) is 12.3 Å². The summed E-state index contributed by atoms with van der Waals surface area (Å²) in [4.78, 5) is 20.7. The summed E-state index contributed by atoms with van der Waals surface area (Å²) in [5.41, 5.74) is 0. The maximum absolute atomic E-state index is 10.6. The van der Waals surface area contributed by atoms with E-state index in [1.54, 1.807) is 0 Å². The minimum atomic E-state index is -1.12. The molecule has 0 spiro atoms. The summed E-state index contributed by atoms with van der Waals surface area (Å²) in [6, 6.07) is 0. The molecule has 1 unspecified atom stereocenters. The van der Waals surface area contributed by atoms with E-state index in [1.165, 1.54) is 6.08 Å². The maximum atomic E-state index is 10.6. The van der Waals surface area contributed by atoms with Gasteiger partial charge < -0.3 is 10.2 Å². The second-order valence-corrected chi connectivity index (χ2v) is 3.27. The molecule has 0 aromatic carbocycles. The molecular weight excluding hydrogens is 172 g/mol. The van der Waals surface area contributed by atoms with Gasteiger partial charge >= 0.3 is 11.9 Å². The summed E-state index contributed by atoms with van der Waals surface area (Å²) < 4.78 is 0. The molecule has 2 N–H and O–H groups in total. The average molecular weight is 186 g/mol. The van der Waals surface area contributed by atoms with Gasteiger partial charge in [0, 0.05) is 6.08 Å². The number of carboxylic acids is 2. The Hall–Kier alpha value is -1.32. The normalized spacial score (nSPS) is 13.5. The lowest BCUT2D eigenvalue weighted by Gasteiger charge is -2.09. The van der Waals surface area contributed by atoms with Crippen molar-refractivity contribution in [3.63, 3.8) is 0 Å². The lowest BCUT2D eigenvalue weighted by molar-refractivity contribution is -0.140. The molecule has 0 fully saturated rings. The highest BCUT2D eigenvalue weighted by Gasteiger charge is 2.15.